The molecule has 0 aliphatic carbocycles. The number of ether oxygens (including phenoxy) is 1. The van der Waals surface area contributed by atoms with E-state index < -0.39 is 17.7 Å². The Kier molecular flexibility index (Phi) is 5.31. The monoisotopic (exact) mass is 355 g/mol. The summed E-state index contributed by atoms with van der Waals surface area (Å²) in [7, 11) is 1.60. The lowest BCUT2D eigenvalue weighted by atomic mass is 10.1. The van der Waals surface area contributed by atoms with Crippen molar-refractivity contribution in [1.82, 2.24) is 5.32 Å². The van der Waals surface area contributed by atoms with Gasteiger partial charge in [0, 0.05) is 18.2 Å². The zero-order chi connectivity index (χ0) is 15.4. The summed E-state index contributed by atoms with van der Waals surface area (Å²) < 4.78 is 33.4. The zero-order valence-electron chi connectivity index (χ0n) is 11.8. The van der Waals surface area contributed by atoms with Crippen LogP contribution in [0.1, 0.15) is 24.1 Å². The van der Waals surface area contributed by atoms with E-state index in [2.05, 4.69) is 21.2 Å². The first-order valence-electron chi connectivity index (χ1n) is 6.52. The van der Waals surface area contributed by atoms with Gasteiger partial charge in [0.1, 0.15) is 17.4 Å². The molecule has 0 radical (unpaired) electrons. The summed E-state index contributed by atoms with van der Waals surface area (Å²) in [5.74, 6) is -0.330. The molecule has 0 bridgehead atoms. The topological polar surface area (TPSA) is 21.3 Å². The molecular weight excluding hydrogens is 340 g/mol. The Labute approximate surface area is 131 Å². The van der Waals surface area contributed by atoms with E-state index in [0.29, 0.717) is 6.54 Å². The van der Waals surface area contributed by atoms with Crippen LogP contribution in [0.5, 0.6) is 5.75 Å². The summed E-state index contributed by atoms with van der Waals surface area (Å²) >= 11 is 3.41. The van der Waals surface area contributed by atoms with Gasteiger partial charge in [-0.2, -0.15) is 0 Å². The van der Waals surface area contributed by atoms with Crippen molar-refractivity contribution < 1.29 is 13.5 Å². The van der Waals surface area contributed by atoms with Crippen LogP contribution >= 0.6 is 15.9 Å². The van der Waals surface area contributed by atoms with E-state index in [-0.39, 0.29) is 5.56 Å². The van der Waals surface area contributed by atoms with E-state index in [1.165, 1.54) is 18.2 Å². The molecule has 1 unspecified atom stereocenters. The molecule has 0 aromatic heterocycles. The Balaban J connectivity index is 2.07. The second-order valence-corrected chi connectivity index (χ2v) is 5.56. The SMILES string of the molecule is COc1ccc(CNC(C)c2c(F)cccc2F)cc1Br. The second-order valence-electron chi connectivity index (χ2n) is 4.71. The van der Waals surface area contributed by atoms with Gasteiger partial charge in [0.15, 0.2) is 0 Å². The maximum Gasteiger partial charge on any atom is 0.133 e. The highest BCUT2D eigenvalue weighted by Crippen LogP contribution is 2.26. The molecule has 112 valence electrons. The van der Waals surface area contributed by atoms with Crippen LogP contribution in [0.25, 0.3) is 0 Å². The molecule has 0 spiro atoms. The fraction of sp³-hybridized carbons (Fsp3) is 0.250. The summed E-state index contributed by atoms with van der Waals surface area (Å²) in [6.07, 6.45) is 0. The highest BCUT2D eigenvalue weighted by molar-refractivity contribution is 9.10. The minimum absolute atomic E-state index is 0.0603. The molecule has 2 rings (SSSR count). The fourth-order valence-electron chi connectivity index (χ4n) is 2.12. The Hall–Kier alpha value is -1.46. The molecule has 5 heteroatoms. The van der Waals surface area contributed by atoms with Gasteiger partial charge >= 0.3 is 0 Å². The van der Waals surface area contributed by atoms with Crippen LogP contribution in [-0.4, -0.2) is 7.11 Å². The van der Waals surface area contributed by atoms with Crippen LogP contribution in [-0.2, 0) is 6.54 Å². The van der Waals surface area contributed by atoms with Crippen molar-refractivity contribution in [2.24, 2.45) is 0 Å². The summed E-state index contributed by atoms with van der Waals surface area (Å²) in [5.41, 5.74) is 1.05. The van der Waals surface area contributed by atoms with Crippen molar-refractivity contribution in [3.8, 4) is 5.75 Å². The molecule has 0 saturated heterocycles. The maximum atomic E-state index is 13.7. The molecule has 1 N–H and O–H groups in total. The normalized spacial score (nSPS) is 12.2. The van der Waals surface area contributed by atoms with Crippen molar-refractivity contribution in [3.63, 3.8) is 0 Å². The largest absolute Gasteiger partial charge is 0.496 e. The van der Waals surface area contributed by atoms with E-state index in [1.54, 1.807) is 14.0 Å². The van der Waals surface area contributed by atoms with Gasteiger partial charge in [0.05, 0.1) is 11.6 Å². The molecule has 0 aliphatic heterocycles. The van der Waals surface area contributed by atoms with Gasteiger partial charge in [0.2, 0.25) is 0 Å². The highest BCUT2D eigenvalue weighted by atomic mass is 79.9. The zero-order valence-corrected chi connectivity index (χ0v) is 13.4. The predicted octanol–water partition coefficient (Wildman–Crippen LogP) is 4.59. The van der Waals surface area contributed by atoms with E-state index >= 15 is 0 Å². The quantitative estimate of drug-likeness (QED) is 0.846. The van der Waals surface area contributed by atoms with Gasteiger partial charge in [-0.05, 0) is 52.7 Å². The Morgan fingerprint density at radius 1 is 1.19 bits per heavy atom. The van der Waals surface area contributed by atoms with E-state index in [1.807, 2.05) is 18.2 Å². The lowest BCUT2D eigenvalue weighted by molar-refractivity contribution is 0.412. The Morgan fingerprint density at radius 2 is 1.86 bits per heavy atom. The molecule has 2 aromatic carbocycles. The first kappa shape index (κ1) is 15.9. The minimum atomic E-state index is -0.536. The molecule has 0 fully saturated rings. The van der Waals surface area contributed by atoms with Crippen molar-refractivity contribution in [2.75, 3.05) is 7.11 Å². The van der Waals surface area contributed by atoms with E-state index in [4.69, 9.17) is 4.74 Å². The molecule has 0 saturated carbocycles. The van der Waals surface area contributed by atoms with Gasteiger partial charge < -0.3 is 10.1 Å². The first-order valence-corrected chi connectivity index (χ1v) is 7.32. The Bertz CT molecular complexity index is 613. The van der Waals surface area contributed by atoms with Crippen LogP contribution in [0, 0.1) is 11.6 Å². The third-order valence-electron chi connectivity index (χ3n) is 3.26. The molecule has 21 heavy (non-hydrogen) atoms. The van der Waals surface area contributed by atoms with Gasteiger partial charge in [-0.3, -0.25) is 0 Å². The Morgan fingerprint density at radius 3 is 2.43 bits per heavy atom. The molecule has 0 amide bonds. The van der Waals surface area contributed by atoms with Crippen LogP contribution < -0.4 is 10.1 Å². The lowest BCUT2D eigenvalue weighted by Crippen LogP contribution is -2.20. The smallest absolute Gasteiger partial charge is 0.133 e. The number of benzene rings is 2. The van der Waals surface area contributed by atoms with Gasteiger partial charge in [-0.25, -0.2) is 8.78 Å². The minimum Gasteiger partial charge on any atom is -0.496 e. The third kappa shape index (κ3) is 3.80. The van der Waals surface area contributed by atoms with Crippen LogP contribution in [0.3, 0.4) is 0 Å². The van der Waals surface area contributed by atoms with Crippen LogP contribution in [0.2, 0.25) is 0 Å². The van der Waals surface area contributed by atoms with Gasteiger partial charge in [0.25, 0.3) is 0 Å². The van der Waals surface area contributed by atoms with Gasteiger partial charge in [-0.1, -0.05) is 12.1 Å². The van der Waals surface area contributed by atoms with Crippen molar-refractivity contribution in [1.29, 1.82) is 0 Å². The van der Waals surface area contributed by atoms with Crippen molar-refractivity contribution in [3.05, 3.63) is 63.6 Å². The average Bonchev–Trinajstić information content (AvgIpc) is 2.45. The standard InChI is InChI=1S/C16H16BrF2NO/c1-10(16-13(18)4-3-5-14(16)19)20-9-11-6-7-15(21-2)12(17)8-11/h3-8,10,20H,9H2,1-2H3. The molecule has 0 aliphatic rings. The average molecular weight is 356 g/mol. The molecule has 2 nitrogen and oxygen atoms in total. The number of rotatable bonds is 5. The van der Waals surface area contributed by atoms with Gasteiger partial charge in [-0.15, -0.1) is 0 Å². The van der Waals surface area contributed by atoms with Crippen molar-refractivity contribution >= 4 is 15.9 Å². The molecule has 1 atom stereocenters. The van der Waals surface area contributed by atoms with Crippen LogP contribution in [0.4, 0.5) is 8.78 Å². The number of hydrogen-bond donors (Lipinski definition) is 1. The van der Waals surface area contributed by atoms with E-state index in [9.17, 15) is 8.78 Å². The number of nitrogens with one attached hydrogen (secondary N) is 1. The molecule has 0 heterocycles. The number of hydrogen-bond acceptors (Lipinski definition) is 2. The third-order valence-corrected chi connectivity index (χ3v) is 3.88. The summed E-state index contributed by atoms with van der Waals surface area (Å²) in [6, 6.07) is 9.13. The molecular formula is C16H16BrF2NO. The summed E-state index contributed by atoms with van der Waals surface area (Å²) in [4.78, 5) is 0. The second kappa shape index (κ2) is 7.00. The highest BCUT2D eigenvalue weighted by Gasteiger charge is 2.15. The lowest BCUT2D eigenvalue weighted by Gasteiger charge is -2.16. The number of halogens is 3. The number of methoxy groups -OCH3 is 1. The van der Waals surface area contributed by atoms with Crippen molar-refractivity contribution in [2.45, 2.75) is 19.5 Å². The predicted molar refractivity (Wildman–Crippen MR) is 82.3 cm³/mol. The maximum absolute atomic E-state index is 13.7. The van der Waals surface area contributed by atoms with Crippen LogP contribution in [0.15, 0.2) is 40.9 Å². The van der Waals surface area contributed by atoms with E-state index in [0.717, 1.165) is 15.8 Å². The first-order chi connectivity index (χ1) is 10.0. The fourth-order valence-corrected chi connectivity index (χ4v) is 2.71. The summed E-state index contributed by atoms with van der Waals surface area (Å²) in [5, 5.41) is 3.12. The molecule has 2 aromatic rings. The summed E-state index contributed by atoms with van der Waals surface area (Å²) in [6.45, 7) is 2.23.